The number of hydrogen-bond acceptors (Lipinski definition) is 8. The number of aromatic nitrogens is 1. The van der Waals surface area contributed by atoms with E-state index >= 15 is 0 Å². The number of hydrogen-bond donors (Lipinski definition) is 0. The van der Waals surface area contributed by atoms with Gasteiger partial charge in [0.1, 0.15) is 11.5 Å². The largest absolute Gasteiger partial charge is 0.463 e. The Balaban J connectivity index is 1.62. The zero-order chi connectivity index (χ0) is 28.7. The standard InChI is InChI=1S/C30H27N3O6S/c1-6-38-29(35)26-19(5)31-30-32(27(26)20-9-7-16(2)8-10-20)28(34)25(40-30)15-22-11-12-24(39-22)21-13-17(3)18(4)23(14-21)33(36)37/h7-15,27H,6H2,1-5H3/b25-15-/t27-/m1/s1. The molecule has 40 heavy (non-hydrogen) atoms. The molecular formula is C30H27N3O6S. The molecule has 3 heterocycles. The van der Waals surface area contributed by atoms with Crippen LogP contribution in [0.25, 0.3) is 17.4 Å². The van der Waals surface area contributed by atoms with Gasteiger partial charge in [-0.1, -0.05) is 41.2 Å². The number of nitrogens with zero attached hydrogens (tertiary/aromatic N) is 3. The van der Waals surface area contributed by atoms with Crippen molar-refractivity contribution in [2.75, 3.05) is 6.61 Å². The fourth-order valence-corrected chi connectivity index (χ4v) is 5.77. The summed E-state index contributed by atoms with van der Waals surface area (Å²) in [7, 11) is 0. The molecule has 0 N–H and O–H groups in total. The van der Waals surface area contributed by atoms with Crippen molar-refractivity contribution in [3.8, 4) is 11.3 Å². The Bertz CT molecular complexity index is 1880. The van der Waals surface area contributed by atoms with E-state index in [1.54, 1.807) is 39.0 Å². The highest BCUT2D eigenvalue weighted by atomic mass is 32.1. The molecule has 1 aliphatic rings. The molecule has 204 valence electrons. The van der Waals surface area contributed by atoms with Crippen LogP contribution >= 0.6 is 11.3 Å². The Kier molecular flexibility index (Phi) is 7.12. The van der Waals surface area contributed by atoms with E-state index in [9.17, 15) is 19.7 Å². The van der Waals surface area contributed by atoms with Crippen LogP contribution < -0.4 is 14.9 Å². The second kappa shape index (κ2) is 10.5. The van der Waals surface area contributed by atoms with Crippen molar-refractivity contribution >= 4 is 29.1 Å². The number of furan rings is 1. The van der Waals surface area contributed by atoms with Crippen LogP contribution in [-0.2, 0) is 9.53 Å². The lowest BCUT2D eigenvalue weighted by Gasteiger charge is -2.24. The van der Waals surface area contributed by atoms with Crippen molar-refractivity contribution in [3.05, 3.63) is 118 Å². The Morgan fingerprint density at radius 3 is 2.55 bits per heavy atom. The van der Waals surface area contributed by atoms with E-state index in [1.165, 1.54) is 22.0 Å². The van der Waals surface area contributed by atoms with Gasteiger partial charge in [-0.05, 0) is 63.9 Å². The first-order valence-electron chi connectivity index (χ1n) is 12.7. The van der Waals surface area contributed by atoms with Crippen LogP contribution in [0.1, 0.15) is 47.9 Å². The highest BCUT2D eigenvalue weighted by Crippen LogP contribution is 2.32. The molecule has 4 aromatic rings. The number of thiazole rings is 1. The van der Waals surface area contributed by atoms with Gasteiger partial charge in [0, 0.05) is 23.3 Å². The second-order valence-corrected chi connectivity index (χ2v) is 10.6. The molecule has 2 aromatic heterocycles. The van der Waals surface area contributed by atoms with Crippen molar-refractivity contribution in [2.24, 2.45) is 4.99 Å². The zero-order valence-electron chi connectivity index (χ0n) is 22.7. The van der Waals surface area contributed by atoms with Crippen LogP contribution in [0.15, 0.2) is 74.0 Å². The zero-order valence-corrected chi connectivity index (χ0v) is 23.5. The Labute approximate surface area is 233 Å². The summed E-state index contributed by atoms with van der Waals surface area (Å²) in [6.45, 7) is 9.17. The predicted octanol–water partition coefficient (Wildman–Crippen LogP) is 4.89. The van der Waals surface area contributed by atoms with E-state index in [0.717, 1.165) is 16.7 Å². The fraction of sp³-hybridized carbons (Fsp3) is 0.233. The maximum Gasteiger partial charge on any atom is 0.338 e. The van der Waals surface area contributed by atoms with Crippen molar-refractivity contribution in [3.63, 3.8) is 0 Å². The van der Waals surface area contributed by atoms with E-state index < -0.39 is 16.9 Å². The molecular weight excluding hydrogens is 530 g/mol. The Morgan fingerprint density at radius 1 is 1.15 bits per heavy atom. The maximum absolute atomic E-state index is 13.8. The lowest BCUT2D eigenvalue weighted by Crippen LogP contribution is -2.39. The lowest BCUT2D eigenvalue weighted by atomic mass is 9.95. The minimum absolute atomic E-state index is 0.0186. The smallest absolute Gasteiger partial charge is 0.338 e. The van der Waals surface area contributed by atoms with Gasteiger partial charge in [0.15, 0.2) is 4.80 Å². The monoisotopic (exact) mass is 557 g/mol. The highest BCUT2D eigenvalue weighted by Gasteiger charge is 2.33. The number of carbonyl (C=O) groups is 1. The number of carbonyl (C=O) groups excluding carboxylic acids is 1. The first-order chi connectivity index (χ1) is 19.1. The SMILES string of the molecule is CCOC(=O)C1=C(C)N=c2s/c(=C\c3ccc(-c4cc(C)c(C)c([N+](=O)[O-])c4)o3)c(=O)n2[C@@H]1c1ccc(C)cc1. The average Bonchev–Trinajstić information content (AvgIpc) is 3.49. The van der Waals surface area contributed by atoms with Gasteiger partial charge in [0.25, 0.3) is 11.2 Å². The van der Waals surface area contributed by atoms with Crippen LogP contribution in [0.2, 0.25) is 0 Å². The topological polar surface area (TPSA) is 117 Å². The third-order valence-electron chi connectivity index (χ3n) is 6.93. The minimum atomic E-state index is -0.693. The molecule has 0 saturated heterocycles. The van der Waals surface area contributed by atoms with Crippen molar-refractivity contribution < 1.29 is 18.9 Å². The number of esters is 1. The third kappa shape index (κ3) is 4.82. The van der Waals surface area contributed by atoms with Gasteiger partial charge >= 0.3 is 5.97 Å². The summed E-state index contributed by atoms with van der Waals surface area (Å²) < 4.78 is 13.2. The van der Waals surface area contributed by atoms with Gasteiger partial charge in [-0.25, -0.2) is 9.79 Å². The van der Waals surface area contributed by atoms with Crippen LogP contribution in [0.4, 0.5) is 5.69 Å². The van der Waals surface area contributed by atoms with Gasteiger partial charge in [-0.15, -0.1) is 0 Å². The molecule has 9 nitrogen and oxygen atoms in total. The summed E-state index contributed by atoms with van der Waals surface area (Å²) in [4.78, 5) is 42.9. The van der Waals surface area contributed by atoms with Gasteiger partial charge in [-0.2, -0.15) is 0 Å². The summed E-state index contributed by atoms with van der Waals surface area (Å²) in [5.41, 5.74) is 4.29. The number of ether oxygens (including phenoxy) is 1. The van der Waals surface area contributed by atoms with Crippen molar-refractivity contribution in [2.45, 2.75) is 40.7 Å². The summed E-state index contributed by atoms with van der Waals surface area (Å²) in [6, 6.07) is 13.7. The van der Waals surface area contributed by atoms with E-state index in [0.29, 0.717) is 43.3 Å². The number of allylic oxidation sites excluding steroid dienone is 1. The molecule has 1 aliphatic heterocycles. The van der Waals surface area contributed by atoms with E-state index in [4.69, 9.17) is 9.15 Å². The minimum Gasteiger partial charge on any atom is -0.463 e. The highest BCUT2D eigenvalue weighted by molar-refractivity contribution is 7.07. The van der Waals surface area contributed by atoms with Gasteiger partial charge in [-0.3, -0.25) is 19.5 Å². The Hall–Kier alpha value is -4.57. The first-order valence-corrected chi connectivity index (χ1v) is 13.5. The van der Waals surface area contributed by atoms with E-state index in [-0.39, 0.29) is 17.9 Å². The summed E-state index contributed by atoms with van der Waals surface area (Å²) in [6.07, 6.45) is 1.62. The number of aryl methyl sites for hydroxylation is 2. The van der Waals surface area contributed by atoms with Gasteiger partial charge in [0.2, 0.25) is 0 Å². The summed E-state index contributed by atoms with van der Waals surface area (Å²) in [5, 5.41) is 11.5. The third-order valence-corrected chi connectivity index (χ3v) is 7.91. The molecule has 5 rings (SSSR count). The normalized spacial score (nSPS) is 15.1. The van der Waals surface area contributed by atoms with E-state index in [2.05, 4.69) is 4.99 Å². The Morgan fingerprint density at radius 2 is 1.88 bits per heavy atom. The van der Waals surface area contributed by atoms with Crippen LogP contribution in [0, 0.1) is 30.9 Å². The average molecular weight is 558 g/mol. The van der Waals surface area contributed by atoms with Crippen LogP contribution in [-0.4, -0.2) is 22.1 Å². The van der Waals surface area contributed by atoms with Gasteiger partial charge < -0.3 is 9.15 Å². The molecule has 0 radical (unpaired) electrons. The number of fused-ring (bicyclic) bond motifs is 1. The van der Waals surface area contributed by atoms with Crippen molar-refractivity contribution in [1.29, 1.82) is 0 Å². The predicted molar refractivity (Wildman–Crippen MR) is 152 cm³/mol. The van der Waals surface area contributed by atoms with Gasteiger partial charge in [0.05, 0.1) is 33.4 Å². The van der Waals surface area contributed by atoms with E-state index in [1.807, 2.05) is 44.2 Å². The molecule has 10 heteroatoms. The molecule has 0 spiro atoms. The lowest BCUT2D eigenvalue weighted by molar-refractivity contribution is -0.385. The first kappa shape index (κ1) is 27.0. The second-order valence-electron chi connectivity index (χ2n) is 9.61. The maximum atomic E-state index is 13.8. The molecule has 1 atom stereocenters. The number of benzene rings is 2. The quantitative estimate of drug-likeness (QED) is 0.189. The molecule has 0 aliphatic carbocycles. The van der Waals surface area contributed by atoms with Crippen molar-refractivity contribution in [1.82, 2.24) is 4.57 Å². The fourth-order valence-electron chi connectivity index (χ4n) is 4.74. The molecule has 2 aromatic carbocycles. The molecule has 0 fully saturated rings. The molecule has 0 amide bonds. The summed E-state index contributed by atoms with van der Waals surface area (Å²) in [5.74, 6) is 0.347. The number of rotatable bonds is 6. The van der Waals surface area contributed by atoms with Crippen LogP contribution in [0.3, 0.4) is 0 Å². The molecule has 0 bridgehead atoms. The number of nitro benzene ring substituents is 1. The molecule has 0 unspecified atom stereocenters. The van der Waals surface area contributed by atoms with Crippen LogP contribution in [0.5, 0.6) is 0 Å². The summed E-state index contributed by atoms with van der Waals surface area (Å²) >= 11 is 1.20. The molecule has 0 saturated carbocycles. The number of nitro groups is 1.